The molecule has 0 bridgehead atoms. The molecule has 0 saturated carbocycles. The first-order valence-corrected chi connectivity index (χ1v) is 8.52. The molecule has 3 rings (SSSR count). The van der Waals surface area contributed by atoms with Crippen LogP contribution in [-0.4, -0.2) is 34.3 Å². The Kier molecular flexibility index (Phi) is 6.10. The van der Waals surface area contributed by atoms with Crippen LogP contribution >= 0.6 is 0 Å². The van der Waals surface area contributed by atoms with Crippen LogP contribution in [0.1, 0.15) is 5.56 Å². The van der Waals surface area contributed by atoms with Gasteiger partial charge >= 0.3 is 6.18 Å². The van der Waals surface area contributed by atoms with Crippen molar-refractivity contribution in [2.45, 2.75) is 12.3 Å². The number of aromatic nitrogens is 2. The minimum Gasteiger partial charge on any atom is -0.491 e. The van der Waals surface area contributed by atoms with E-state index < -0.39 is 17.8 Å². The number of halogens is 3. The van der Waals surface area contributed by atoms with Crippen molar-refractivity contribution in [3.63, 3.8) is 0 Å². The van der Waals surface area contributed by atoms with E-state index >= 15 is 0 Å². The highest BCUT2D eigenvalue weighted by Crippen LogP contribution is 2.33. The standard InChI is InChI=1S/C20H18F3N3O2/c21-20(22,23)15-6-4-5-14(11-15)18-19(25-10-9-24-18)26-12-16(27)13-28-17-7-2-1-3-8-17/h1-11,16,27H,12-13H2,(H,25,26). The monoisotopic (exact) mass is 389 g/mol. The molecule has 0 radical (unpaired) electrons. The number of rotatable bonds is 7. The summed E-state index contributed by atoms with van der Waals surface area (Å²) in [7, 11) is 0. The van der Waals surface area contributed by atoms with Crippen LogP contribution < -0.4 is 10.1 Å². The van der Waals surface area contributed by atoms with Gasteiger partial charge in [0.25, 0.3) is 0 Å². The van der Waals surface area contributed by atoms with Gasteiger partial charge in [0.1, 0.15) is 24.2 Å². The highest BCUT2D eigenvalue weighted by Gasteiger charge is 2.30. The van der Waals surface area contributed by atoms with Gasteiger partial charge in [-0.15, -0.1) is 0 Å². The Bertz CT molecular complexity index is 904. The van der Waals surface area contributed by atoms with Gasteiger partial charge in [0.15, 0.2) is 5.82 Å². The van der Waals surface area contributed by atoms with E-state index in [0.717, 1.165) is 12.1 Å². The van der Waals surface area contributed by atoms with Crippen molar-refractivity contribution in [3.05, 3.63) is 72.6 Å². The third-order valence-electron chi connectivity index (χ3n) is 3.85. The molecule has 1 unspecified atom stereocenters. The molecule has 2 aromatic carbocycles. The van der Waals surface area contributed by atoms with Gasteiger partial charge in [-0.1, -0.05) is 30.3 Å². The Morgan fingerprint density at radius 3 is 2.50 bits per heavy atom. The molecule has 0 aliphatic heterocycles. The molecule has 28 heavy (non-hydrogen) atoms. The molecule has 2 N–H and O–H groups in total. The molecular formula is C20H18F3N3O2. The zero-order valence-electron chi connectivity index (χ0n) is 14.7. The lowest BCUT2D eigenvalue weighted by atomic mass is 10.1. The first-order valence-electron chi connectivity index (χ1n) is 8.52. The second-order valence-electron chi connectivity index (χ2n) is 5.99. The largest absolute Gasteiger partial charge is 0.491 e. The number of ether oxygens (including phenoxy) is 1. The van der Waals surface area contributed by atoms with Crippen LogP contribution in [0.4, 0.5) is 19.0 Å². The molecule has 0 aliphatic rings. The lowest BCUT2D eigenvalue weighted by molar-refractivity contribution is -0.137. The van der Waals surface area contributed by atoms with Crippen LogP contribution in [0.2, 0.25) is 0 Å². The molecule has 0 fully saturated rings. The Labute approximate surface area is 159 Å². The second kappa shape index (κ2) is 8.71. The zero-order chi connectivity index (χ0) is 20.0. The van der Waals surface area contributed by atoms with Gasteiger partial charge in [0.05, 0.1) is 5.56 Å². The second-order valence-corrected chi connectivity index (χ2v) is 5.99. The van der Waals surface area contributed by atoms with Crippen molar-refractivity contribution in [2.75, 3.05) is 18.5 Å². The van der Waals surface area contributed by atoms with Crippen molar-refractivity contribution >= 4 is 5.82 Å². The number of anilines is 1. The van der Waals surface area contributed by atoms with E-state index in [-0.39, 0.29) is 30.2 Å². The Balaban J connectivity index is 1.67. The number of nitrogens with zero attached hydrogens (tertiary/aromatic N) is 2. The van der Waals surface area contributed by atoms with Gasteiger partial charge in [-0.3, -0.25) is 4.98 Å². The van der Waals surface area contributed by atoms with Gasteiger partial charge in [0.2, 0.25) is 0 Å². The lowest BCUT2D eigenvalue weighted by Crippen LogP contribution is -2.26. The number of para-hydroxylation sites is 1. The van der Waals surface area contributed by atoms with E-state index in [9.17, 15) is 18.3 Å². The van der Waals surface area contributed by atoms with E-state index in [1.165, 1.54) is 24.5 Å². The highest BCUT2D eigenvalue weighted by molar-refractivity contribution is 5.71. The topological polar surface area (TPSA) is 67.3 Å². The molecule has 1 heterocycles. The Hall–Kier alpha value is -3.13. The summed E-state index contributed by atoms with van der Waals surface area (Å²) in [4.78, 5) is 8.27. The molecule has 5 nitrogen and oxygen atoms in total. The maximum absolute atomic E-state index is 13.0. The SMILES string of the molecule is OC(CNc1nccnc1-c1cccc(C(F)(F)F)c1)COc1ccccc1. The number of hydrogen-bond acceptors (Lipinski definition) is 5. The van der Waals surface area contributed by atoms with Crippen molar-refractivity contribution in [1.29, 1.82) is 0 Å². The van der Waals surface area contributed by atoms with Crippen molar-refractivity contribution < 1.29 is 23.0 Å². The van der Waals surface area contributed by atoms with Crippen LogP contribution in [0.3, 0.4) is 0 Å². The number of aliphatic hydroxyl groups excluding tert-OH is 1. The van der Waals surface area contributed by atoms with Crippen LogP contribution in [0.5, 0.6) is 5.75 Å². The smallest absolute Gasteiger partial charge is 0.416 e. The molecule has 1 aromatic heterocycles. The maximum atomic E-state index is 13.0. The normalized spacial score (nSPS) is 12.4. The fourth-order valence-corrected chi connectivity index (χ4v) is 2.50. The van der Waals surface area contributed by atoms with E-state index in [4.69, 9.17) is 4.74 Å². The third-order valence-corrected chi connectivity index (χ3v) is 3.85. The van der Waals surface area contributed by atoms with E-state index in [1.54, 1.807) is 12.1 Å². The molecule has 0 aliphatic carbocycles. The summed E-state index contributed by atoms with van der Waals surface area (Å²) in [6, 6.07) is 13.9. The molecule has 0 amide bonds. The molecule has 0 spiro atoms. The van der Waals surface area contributed by atoms with E-state index in [2.05, 4.69) is 15.3 Å². The molecule has 3 aromatic rings. The number of aliphatic hydroxyl groups is 1. The van der Waals surface area contributed by atoms with Gasteiger partial charge in [-0.05, 0) is 24.3 Å². The summed E-state index contributed by atoms with van der Waals surface area (Å²) in [5.74, 6) is 0.909. The Morgan fingerprint density at radius 2 is 1.75 bits per heavy atom. The average Bonchev–Trinajstić information content (AvgIpc) is 2.71. The average molecular weight is 389 g/mol. The molecule has 8 heteroatoms. The minimum absolute atomic E-state index is 0.0518. The Morgan fingerprint density at radius 1 is 1.00 bits per heavy atom. The van der Waals surface area contributed by atoms with Gasteiger partial charge in [-0.25, -0.2) is 4.98 Å². The van der Waals surface area contributed by atoms with Gasteiger partial charge < -0.3 is 15.2 Å². The molecule has 0 saturated heterocycles. The lowest BCUT2D eigenvalue weighted by Gasteiger charge is -2.15. The number of alkyl halides is 3. The number of nitrogens with one attached hydrogen (secondary N) is 1. The third kappa shape index (κ3) is 5.20. The molecule has 146 valence electrons. The molecular weight excluding hydrogens is 371 g/mol. The molecule has 1 atom stereocenters. The van der Waals surface area contributed by atoms with Crippen LogP contribution in [-0.2, 0) is 6.18 Å². The fourth-order valence-electron chi connectivity index (χ4n) is 2.50. The van der Waals surface area contributed by atoms with Crippen molar-refractivity contribution in [2.24, 2.45) is 0 Å². The van der Waals surface area contributed by atoms with Crippen molar-refractivity contribution in [1.82, 2.24) is 9.97 Å². The summed E-state index contributed by atoms with van der Waals surface area (Å²) in [5, 5.41) is 13.0. The highest BCUT2D eigenvalue weighted by atomic mass is 19.4. The van der Waals surface area contributed by atoms with Crippen LogP contribution in [0.25, 0.3) is 11.3 Å². The number of benzene rings is 2. The maximum Gasteiger partial charge on any atom is 0.416 e. The predicted molar refractivity (Wildman–Crippen MR) is 98.9 cm³/mol. The first-order chi connectivity index (χ1) is 13.4. The van der Waals surface area contributed by atoms with Gasteiger partial charge in [0, 0.05) is 24.5 Å². The van der Waals surface area contributed by atoms with Gasteiger partial charge in [-0.2, -0.15) is 13.2 Å². The number of hydrogen-bond donors (Lipinski definition) is 2. The van der Waals surface area contributed by atoms with E-state index in [1.807, 2.05) is 18.2 Å². The minimum atomic E-state index is -4.45. The van der Waals surface area contributed by atoms with Crippen LogP contribution in [0.15, 0.2) is 67.0 Å². The quantitative estimate of drug-likeness (QED) is 0.639. The summed E-state index contributed by atoms with van der Waals surface area (Å²) >= 11 is 0. The summed E-state index contributed by atoms with van der Waals surface area (Å²) < 4.78 is 44.4. The zero-order valence-corrected chi connectivity index (χ0v) is 14.7. The summed E-state index contributed by atoms with van der Waals surface area (Å²) in [6.45, 7) is 0.146. The summed E-state index contributed by atoms with van der Waals surface area (Å²) in [5.41, 5.74) is -0.219. The summed E-state index contributed by atoms with van der Waals surface area (Å²) in [6.07, 6.45) is -2.48. The fraction of sp³-hybridized carbons (Fsp3) is 0.200. The predicted octanol–water partition coefficient (Wildman–Crippen LogP) is 4.01. The van der Waals surface area contributed by atoms with Crippen LogP contribution in [0, 0.1) is 0 Å². The van der Waals surface area contributed by atoms with Crippen molar-refractivity contribution in [3.8, 4) is 17.0 Å². The first kappa shape index (κ1) is 19.6. The van der Waals surface area contributed by atoms with E-state index in [0.29, 0.717) is 5.75 Å².